The van der Waals surface area contributed by atoms with Crippen LogP contribution in [0.25, 0.3) is 0 Å². The summed E-state index contributed by atoms with van der Waals surface area (Å²) < 4.78 is 22.6. The van der Waals surface area contributed by atoms with Gasteiger partial charge in [0, 0.05) is 5.02 Å². The molecule has 0 unspecified atom stereocenters. The Morgan fingerprint density at radius 3 is 2.57 bits per heavy atom. The smallest absolute Gasteiger partial charge is 0.204 e. The number of sulfone groups is 1. The Labute approximate surface area is 87.2 Å². The van der Waals surface area contributed by atoms with Crippen molar-refractivity contribution in [1.29, 1.82) is 0 Å². The van der Waals surface area contributed by atoms with Gasteiger partial charge in [0.05, 0.1) is 10.6 Å². The molecule has 4 nitrogen and oxygen atoms in total. The Morgan fingerprint density at radius 2 is 2.07 bits per heavy atom. The second-order valence-electron chi connectivity index (χ2n) is 2.88. The van der Waals surface area contributed by atoms with Gasteiger partial charge in [-0.15, -0.1) is 0 Å². The van der Waals surface area contributed by atoms with E-state index >= 15 is 0 Å². The van der Waals surface area contributed by atoms with Gasteiger partial charge in [0.25, 0.3) is 0 Å². The summed E-state index contributed by atoms with van der Waals surface area (Å²) in [6.07, 6.45) is 0. The van der Waals surface area contributed by atoms with Crippen LogP contribution >= 0.6 is 11.6 Å². The minimum Gasteiger partial charge on any atom is -0.398 e. The maximum absolute atomic E-state index is 11.3. The van der Waals surface area contributed by atoms with E-state index in [0.717, 1.165) is 0 Å². The van der Waals surface area contributed by atoms with E-state index < -0.39 is 15.8 Å². The summed E-state index contributed by atoms with van der Waals surface area (Å²) in [5.74, 6) is -0.960. The normalized spacial score (nSPS) is 11.6. The van der Waals surface area contributed by atoms with E-state index in [-0.39, 0.29) is 10.6 Å². The molecule has 1 aromatic rings. The van der Waals surface area contributed by atoms with E-state index in [4.69, 9.17) is 22.4 Å². The lowest BCUT2D eigenvalue weighted by atomic mass is 10.2. The van der Waals surface area contributed by atoms with Gasteiger partial charge in [0.2, 0.25) is 9.84 Å². The first-order chi connectivity index (χ1) is 6.38. The molecular formula is C8H10ClNO3S. The van der Waals surface area contributed by atoms with E-state index in [0.29, 0.717) is 10.6 Å². The molecule has 0 saturated carbocycles. The molecule has 0 bridgehead atoms. The monoisotopic (exact) mass is 235 g/mol. The summed E-state index contributed by atoms with van der Waals surface area (Å²) in [7, 11) is -3.70. The van der Waals surface area contributed by atoms with Crippen molar-refractivity contribution in [2.24, 2.45) is 0 Å². The number of nitrogen functional groups attached to an aromatic ring is 1. The van der Waals surface area contributed by atoms with Gasteiger partial charge in [-0.25, -0.2) is 8.42 Å². The molecule has 0 heterocycles. The Kier molecular flexibility index (Phi) is 3.04. The molecule has 0 radical (unpaired) electrons. The fraction of sp³-hybridized carbons (Fsp3) is 0.250. The molecule has 0 aromatic heterocycles. The van der Waals surface area contributed by atoms with Crippen LogP contribution in [0, 0.1) is 6.92 Å². The lowest BCUT2D eigenvalue weighted by molar-refractivity contribution is 0.358. The highest BCUT2D eigenvalue weighted by molar-refractivity contribution is 7.91. The third-order valence-electron chi connectivity index (χ3n) is 1.80. The van der Waals surface area contributed by atoms with Crippen LogP contribution in [0.3, 0.4) is 0 Å². The predicted octanol–water partition coefficient (Wildman–Crippen LogP) is 0.954. The molecule has 0 aliphatic carbocycles. The number of aliphatic hydroxyl groups is 1. The second kappa shape index (κ2) is 3.76. The molecule has 0 fully saturated rings. The summed E-state index contributed by atoms with van der Waals surface area (Å²) in [4.78, 5) is -0.0816. The zero-order valence-corrected chi connectivity index (χ0v) is 9.06. The number of benzene rings is 1. The molecule has 78 valence electrons. The number of nitrogens with two attached hydrogens (primary N) is 1. The van der Waals surface area contributed by atoms with Gasteiger partial charge < -0.3 is 10.8 Å². The van der Waals surface area contributed by atoms with Crippen molar-refractivity contribution in [3.05, 3.63) is 22.7 Å². The van der Waals surface area contributed by atoms with Crippen LogP contribution in [0.5, 0.6) is 0 Å². The third-order valence-corrected chi connectivity index (χ3v) is 3.57. The molecule has 14 heavy (non-hydrogen) atoms. The Hall–Kier alpha value is -0.780. The van der Waals surface area contributed by atoms with Crippen LogP contribution in [0.2, 0.25) is 5.02 Å². The molecule has 0 amide bonds. The number of rotatable bonds is 2. The van der Waals surface area contributed by atoms with Crippen molar-refractivity contribution in [1.82, 2.24) is 0 Å². The molecule has 0 spiro atoms. The molecule has 0 aliphatic heterocycles. The van der Waals surface area contributed by atoms with Gasteiger partial charge in [-0.05, 0) is 24.6 Å². The van der Waals surface area contributed by atoms with Crippen molar-refractivity contribution in [3.63, 3.8) is 0 Å². The van der Waals surface area contributed by atoms with Crippen LogP contribution < -0.4 is 5.73 Å². The minimum atomic E-state index is -3.70. The van der Waals surface area contributed by atoms with Gasteiger partial charge in [0.15, 0.2) is 0 Å². The third kappa shape index (κ3) is 2.00. The zero-order chi connectivity index (χ0) is 10.9. The van der Waals surface area contributed by atoms with E-state index in [1.807, 2.05) is 0 Å². The first kappa shape index (κ1) is 11.3. The lowest BCUT2D eigenvalue weighted by Crippen LogP contribution is -2.09. The fourth-order valence-corrected chi connectivity index (χ4v) is 2.09. The van der Waals surface area contributed by atoms with Crippen molar-refractivity contribution in [2.45, 2.75) is 11.8 Å². The Bertz CT molecular complexity index is 456. The lowest BCUT2D eigenvalue weighted by Gasteiger charge is -2.07. The molecule has 0 atom stereocenters. The summed E-state index contributed by atoms with van der Waals surface area (Å²) in [5, 5.41) is 9.06. The molecule has 3 N–H and O–H groups in total. The SMILES string of the molecule is Cc1cc(S(=O)(=O)CO)c(N)cc1Cl. The number of anilines is 1. The van der Waals surface area contributed by atoms with E-state index in [1.54, 1.807) is 6.92 Å². The number of aryl methyl sites for hydroxylation is 1. The summed E-state index contributed by atoms with van der Waals surface area (Å²) in [5.41, 5.74) is 6.13. The average molecular weight is 236 g/mol. The van der Waals surface area contributed by atoms with Gasteiger partial charge in [-0.2, -0.15) is 0 Å². The van der Waals surface area contributed by atoms with E-state index in [1.165, 1.54) is 12.1 Å². The van der Waals surface area contributed by atoms with Crippen molar-refractivity contribution >= 4 is 27.1 Å². The van der Waals surface area contributed by atoms with E-state index in [2.05, 4.69) is 0 Å². The molecular weight excluding hydrogens is 226 g/mol. The van der Waals surface area contributed by atoms with Crippen LogP contribution in [0.4, 0.5) is 5.69 Å². The standard InChI is InChI=1S/C8H10ClNO3S/c1-5-2-8(14(12,13)4-11)7(10)3-6(5)9/h2-3,11H,4,10H2,1H3. The zero-order valence-electron chi connectivity index (χ0n) is 7.49. The van der Waals surface area contributed by atoms with Gasteiger partial charge in [0.1, 0.15) is 5.94 Å². The number of hydrogen-bond donors (Lipinski definition) is 2. The van der Waals surface area contributed by atoms with Crippen LogP contribution in [-0.4, -0.2) is 19.5 Å². The van der Waals surface area contributed by atoms with Gasteiger partial charge >= 0.3 is 0 Å². The summed E-state index contributed by atoms with van der Waals surface area (Å²) >= 11 is 5.74. The first-order valence-corrected chi connectivity index (χ1v) is 5.80. The Balaban J connectivity index is 3.45. The topological polar surface area (TPSA) is 80.4 Å². The molecule has 0 aliphatic rings. The van der Waals surface area contributed by atoms with Crippen LogP contribution in [0.15, 0.2) is 17.0 Å². The predicted molar refractivity (Wildman–Crippen MR) is 54.9 cm³/mol. The van der Waals surface area contributed by atoms with Gasteiger partial charge in [-0.1, -0.05) is 11.6 Å². The van der Waals surface area contributed by atoms with Gasteiger partial charge in [-0.3, -0.25) is 0 Å². The van der Waals surface area contributed by atoms with E-state index in [9.17, 15) is 8.42 Å². The number of aliphatic hydroxyl groups excluding tert-OH is 1. The van der Waals surface area contributed by atoms with Crippen molar-refractivity contribution < 1.29 is 13.5 Å². The molecule has 6 heteroatoms. The summed E-state index contributed by atoms with van der Waals surface area (Å²) in [6.45, 7) is 1.66. The molecule has 0 saturated heterocycles. The maximum atomic E-state index is 11.3. The number of halogens is 1. The molecule has 1 rings (SSSR count). The van der Waals surface area contributed by atoms with Crippen molar-refractivity contribution in [2.75, 3.05) is 11.7 Å². The number of hydrogen-bond acceptors (Lipinski definition) is 4. The highest BCUT2D eigenvalue weighted by Gasteiger charge is 2.17. The first-order valence-electron chi connectivity index (χ1n) is 3.77. The highest BCUT2D eigenvalue weighted by atomic mass is 35.5. The minimum absolute atomic E-state index is 0.0506. The Morgan fingerprint density at radius 1 is 1.50 bits per heavy atom. The maximum Gasteiger partial charge on any atom is 0.204 e. The van der Waals surface area contributed by atoms with Crippen LogP contribution in [-0.2, 0) is 9.84 Å². The average Bonchev–Trinajstić information content (AvgIpc) is 2.11. The quantitative estimate of drug-likeness (QED) is 0.748. The second-order valence-corrected chi connectivity index (χ2v) is 5.22. The molecule has 1 aromatic carbocycles. The fourth-order valence-electron chi connectivity index (χ4n) is 1.01. The summed E-state index contributed by atoms with van der Waals surface area (Å²) in [6, 6.07) is 2.71. The van der Waals surface area contributed by atoms with Crippen LogP contribution in [0.1, 0.15) is 5.56 Å². The largest absolute Gasteiger partial charge is 0.398 e. The highest BCUT2D eigenvalue weighted by Crippen LogP contribution is 2.26. The van der Waals surface area contributed by atoms with Crippen molar-refractivity contribution in [3.8, 4) is 0 Å².